The third-order valence-corrected chi connectivity index (χ3v) is 11.9. The van der Waals surface area contributed by atoms with Crippen molar-refractivity contribution in [2.45, 2.75) is 69.9 Å². The van der Waals surface area contributed by atoms with Gasteiger partial charge in [0.2, 0.25) is 5.91 Å². The number of hydrogen-bond donors (Lipinski definition) is 6. The fourth-order valence-corrected chi connectivity index (χ4v) is 8.38. The van der Waals surface area contributed by atoms with Crippen molar-refractivity contribution in [1.82, 2.24) is 30.1 Å². The van der Waals surface area contributed by atoms with Crippen molar-refractivity contribution in [1.29, 1.82) is 0 Å². The van der Waals surface area contributed by atoms with Crippen molar-refractivity contribution >= 4 is 53.3 Å². The molecule has 1 saturated heterocycles. The van der Waals surface area contributed by atoms with Crippen molar-refractivity contribution in [3.63, 3.8) is 0 Å². The molecule has 0 spiro atoms. The maximum Gasteiger partial charge on any atom is 0.934 e. The first-order chi connectivity index (χ1) is 32.8. The lowest BCUT2D eigenvalue weighted by molar-refractivity contribution is -0.342. The second-order valence-corrected chi connectivity index (χ2v) is 16.8. The quantitative estimate of drug-likeness (QED) is 0.0201. The smallest absolute Gasteiger partial charge is 0.495 e. The first-order valence-electron chi connectivity index (χ1n) is 22.7. The molecule has 6 N–H and O–H groups in total. The largest absolute Gasteiger partial charge is 0.934 e. The number of fused-ring (bicyclic) bond motifs is 1. The van der Waals surface area contributed by atoms with Crippen LogP contribution in [0.3, 0.4) is 0 Å². The van der Waals surface area contributed by atoms with Crippen LogP contribution in [0.1, 0.15) is 66.7 Å². The van der Waals surface area contributed by atoms with Crippen LogP contribution < -0.4 is 26.0 Å². The van der Waals surface area contributed by atoms with Crippen molar-refractivity contribution in [2.24, 2.45) is 0 Å². The van der Waals surface area contributed by atoms with E-state index in [2.05, 4.69) is 43.1 Å². The normalized spacial score (nSPS) is 16.8. The highest BCUT2D eigenvalue weighted by molar-refractivity contribution is 6.35. The molecule has 1 fully saturated rings. The van der Waals surface area contributed by atoms with Crippen LogP contribution in [0.2, 0.25) is 0 Å². The van der Waals surface area contributed by atoms with Crippen molar-refractivity contribution in [3.05, 3.63) is 108 Å². The number of likely N-dealkylation sites (tertiary alicyclic amines) is 1. The number of unbranched alkanes of at least 4 members (excludes halogenated alkanes) is 3. The van der Waals surface area contributed by atoms with E-state index in [9.17, 15) is 35.8 Å². The molecule has 2 aliphatic heterocycles. The summed E-state index contributed by atoms with van der Waals surface area (Å²) in [7, 11) is 0.543. The predicted molar refractivity (Wildman–Crippen MR) is 255 cm³/mol. The van der Waals surface area contributed by atoms with E-state index in [1.165, 1.54) is 7.11 Å². The molecule has 19 heteroatoms. The third kappa shape index (κ3) is 13.0. The summed E-state index contributed by atoms with van der Waals surface area (Å²) in [6.45, 7) is 0.673. The second-order valence-electron chi connectivity index (χ2n) is 16.8. The van der Waals surface area contributed by atoms with Crippen LogP contribution in [-0.2, 0) is 11.3 Å². The number of alkyl halides is 4. The summed E-state index contributed by atoms with van der Waals surface area (Å²) < 4.78 is 91.9. The van der Waals surface area contributed by atoms with Gasteiger partial charge in [-0.25, -0.2) is 17.5 Å². The summed E-state index contributed by atoms with van der Waals surface area (Å²) in [4.78, 5) is 33.7. The summed E-state index contributed by atoms with van der Waals surface area (Å²) in [6, 6.07) is 18.5. The van der Waals surface area contributed by atoms with Crippen LogP contribution in [0.15, 0.2) is 90.8 Å². The minimum Gasteiger partial charge on any atom is -0.495 e. The number of nitrogens with zero attached hydrogens (tertiary/aromatic N) is 3. The Morgan fingerprint density at radius 3 is 2.51 bits per heavy atom. The maximum absolute atomic E-state index is 14.9. The van der Waals surface area contributed by atoms with E-state index in [1.54, 1.807) is 66.9 Å². The second kappa shape index (κ2) is 22.8. The molecule has 358 valence electrons. The van der Waals surface area contributed by atoms with Gasteiger partial charge in [0.1, 0.15) is 18.5 Å². The molecule has 5 heterocycles. The van der Waals surface area contributed by atoms with Crippen LogP contribution in [0.5, 0.6) is 5.75 Å². The summed E-state index contributed by atoms with van der Waals surface area (Å²) in [5, 5.41) is 12.6. The van der Waals surface area contributed by atoms with Crippen molar-refractivity contribution in [2.75, 3.05) is 57.5 Å². The lowest BCUT2D eigenvalue weighted by Gasteiger charge is -2.33. The number of carbonyl (C=O) groups is 2. The van der Waals surface area contributed by atoms with Gasteiger partial charge in [0, 0.05) is 85.8 Å². The number of allylic oxidation sites excluding steroid dienone is 2. The average molecular weight is 943 g/mol. The minimum atomic E-state index is -4.50. The van der Waals surface area contributed by atoms with Crippen LogP contribution in [0.4, 0.5) is 37.6 Å². The van der Waals surface area contributed by atoms with Crippen LogP contribution in [0, 0.1) is 11.8 Å². The topological polar surface area (TPSA) is 134 Å². The van der Waals surface area contributed by atoms with E-state index in [0.29, 0.717) is 83.2 Å². The summed E-state index contributed by atoms with van der Waals surface area (Å²) in [5.41, 5.74) is 5.05. The fourth-order valence-electron chi connectivity index (χ4n) is 8.38. The molecule has 0 unspecified atom stereocenters. The van der Waals surface area contributed by atoms with Gasteiger partial charge >= 0.3 is 13.6 Å². The molecule has 2 amide bonds. The third-order valence-electron chi connectivity index (χ3n) is 11.9. The number of H-pyrrole nitrogens is 2. The number of rotatable bonds is 20. The number of hydrogen-bond acceptors (Lipinski definition) is 6. The van der Waals surface area contributed by atoms with Crippen molar-refractivity contribution < 1.29 is 45.0 Å². The van der Waals surface area contributed by atoms with Gasteiger partial charge in [-0.3, -0.25) is 9.59 Å². The molecule has 5 aromatic rings. The molecule has 68 heavy (non-hydrogen) atoms. The number of aromatic nitrogens is 3. The summed E-state index contributed by atoms with van der Waals surface area (Å²) >= 11 is 0. The Hall–Kier alpha value is -6.81. The monoisotopic (exact) mass is 942 g/mol. The molecule has 3 aromatic heterocycles. The molecule has 0 radical (unpaired) electrons. The zero-order chi connectivity index (χ0) is 48.2. The molecule has 7 rings (SSSR count). The number of anilines is 2. The number of halogens is 6. The van der Waals surface area contributed by atoms with Gasteiger partial charge in [-0.1, -0.05) is 24.8 Å². The Morgan fingerprint density at radius 2 is 1.78 bits per heavy atom. The molecule has 0 aliphatic carbocycles. The number of benzene rings is 2. The van der Waals surface area contributed by atoms with E-state index in [1.807, 2.05) is 36.2 Å². The number of piperidine rings is 1. The molecular formula is C49H55BF6N9O3+. The Bertz CT molecular complexity index is 2700. The Balaban J connectivity index is 0.822. The lowest BCUT2D eigenvalue weighted by Crippen LogP contribution is -2.46. The number of carbonyl (C=O) groups excluding carboxylic acids is 2. The van der Waals surface area contributed by atoms with Gasteiger partial charge in [0.25, 0.3) is 5.91 Å². The van der Waals surface area contributed by atoms with E-state index >= 15 is 0 Å². The molecule has 0 bridgehead atoms. The SMILES string of the molecule is COc1cc(C(=O)NCCCCCCNC(=O)CCC2=[N+](B(F)F)/C(=C\c3ccc(-c4ccc[nH]4)[nH]3)C=C2)ccc1NCC#Cc1cc2c(N[C@@H]3CCN(C)C[C@@H]3F)cccc2n1CC(F)(F)F. The summed E-state index contributed by atoms with van der Waals surface area (Å²) in [6.07, 6.45) is 4.91. The standard InChI is InChI=1S/C49H54BF6N9O3/c1-63-27-22-41(39(51)31-63)62-40-11-7-13-45-38(40)30-36(64(45)32-49(52,53)54)10-8-25-58-44-19-14-33(28-46(44)68-2)48(67)60-24-6-4-3-5-23-59-47(66)21-18-35-16-17-37(65(35)50(55)56)29-34-15-20-43(61-34)42-12-9-26-57-42/h7,9,11-17,19-20,26,28-30,39,41,62H,3-6,18,21-25,27,31-32H2,1-2H3,(H4,57,58,59,60,61,66,67)/p+1/t39-,41+/m0/s1. The Labute approximate surface area is 391 Å². The Kier molecular flexibility index (Phi) is 16.5. The molecule has 2 aromatic carbocycles. The van der Waals surface area contributed by atoms with Gasteiger partial charge in [0.05, 0.1) is 48.0 Å². The van der Waals surface area contributed by atoms with Crippen LogP contribution in [-0.4, -0.2) is 114 Å². The van der Waals surface area contributed by atoms with Gasteiger partial charge in [0.15, 0.2) is 11.4 Å². The van der Waals surface area contributed by atoms with Crippen molar-refractivity contribution in [3.8, 4) is 29.0 Å². The number of nitrogens with one attached hydrogen (secondary N) is 6. The molecule has 2 atom stereocenters. The predicted octanol–water partition coefficient (Wildman–Crippen LogP) is 8.63. The van der Waals surface area contributed by atoms with Gasteiger partial charge in [-0.2, -0.15) is 13.2 Å². The average Bonchev–Trinajstić information content (AvgIpc) is 4.14. The van der Waals surface area contributed by atoms with E-state index in [-0.39, 0.29) is 43.4 Å². The number of aromatic amines is 2. The number of methoxy groups -OCH3 is 1. The minimum absolute atomic E-state index is 0.0610. The van der Waals surface area contributed by atoms with Crippen LogP contribution >= 0.6 is 0 Å². The molecule has 0 saturated carbocycles. The highest BCUT2D eigenvalue weighted by Crippen LogP contribution is 2.32. The molecule has 2 aliphatic rings. The zero-order valence-electron chi connectivity index (χ0n) is 37.9. The van der Waals surface area contributed by atoms with E-state index in [0.717, 1.165) is 39.7 Å². The number of ether oxygens (including phenoxy) is 1. The Morgan fingerprint density at radius 1 is 0.971 bits per heavy atom. The lowest BCUT2D eigenvalue weighted by atomic mass is 10.0. The maximum atomic E-state index is 14.9. The highest BCUT2D eigenvalue weighted by Gasteiger charge is 2.41. The molecule has 12 nitrogen and oxygen atoms in total. The van der Waals surface area contributed by atoms with Gasteiger partial charge in [-0.05, 0) is 92.9 Å². The van der Waals surface area contributed by atoms with Gasteiger partial charge in [-0.15, -0.1) is 0 Å². The zero-order valence-corrected chi connectivity index (χ0v) is 37.9. The summed E-state index contributed by atoms with van der Waals surface area (Å²) in [5.74, 6) is 5.65. The highest BCUT2D eigenvalue weighted by atomic mass is 19.4. The van der Waals surface area contributed by atoms with E-state index in [4.69, 9.17) is 4.74 Å². The fraction of sp³-hybridized carbons (Fsp3) is 0.367. The van der Waals surface area contributed by atoms with E-state index < -0.39 is 32.3 Å². The first-order valence-corrected chi connectivity index (χ1v) is 22.7. The van der Waals surface area contributed by atoms with Gasteiger partial charge < -0.3 is 45.4 Å². The first kappa shape index (κ1) is 49.1. The van der Waals surface area contributed by atoms with Crippen LogP contribution in [0.25, 0.3) is 28.4 Å². The molecular weight excluding hydrogens is 887 g/mol. The number of amides is 2.